The minimum atomic E-state index is -0.838. The summed E-state index contributed by atoms with van der Waals surface area (Å²) in [6.07, 6.45) is 8.15. The van der Waals surface area contributed by atoms with E-state index in [4.69, 9.17) is 5.73 Å². The molecule has 3 unspecified atom stereocenters. The van der Waals surface area contributed by atoms with Crippen molar-refractivity contribution in [1.29, 1.82) is 0 Å². The molecule has 2 rings (SSSR count). The number of amides is 1. The molecular weight excluding hydrogens is 256 g/mol. The Hall–Kier alpha value is -1.10. The van der Waals surface area contributed by atoms with Gasteiger partial charge in [0.2, 0.25) is 5.91 Å². The van der Waals surface area contributed by atoms with Gasteiger partial charge >= 0.3 is 5.97 Å². The van der Waals surface area contributed by atoms with Gasteiger partial charge in [0.1, 0.15) is 6.04 Å². The first kappa shape index (κ1) is 15.3. The Morgan fingerprint density at radius 1 is 1.15 bits per heavy atom. The van der Waals surface area contributed by atoms with Crippen LogP contribution >= 0.6 is 0 Å². The molecule has 0 aromatic rings. The summed E-state index contributed by atoms with van der Waals surface area (Å²) in [6.45, 7) is 0.653. The number of hydrogen-bond donors (Lipinski definition) is 2. The minimum Gasteiger partial charge on any atom is -0.480 e. The number of nitrogens with zero attached hydrogens (tertiary/aromatic N) is 1. The highest BCUT2D eigenvalue weighted by atomic mass is 16.4. The number of carbonyl (C=O) groups excluding carboxylic acids is 1. The average molecular weight is 282 g/mol. The number of carboxylic acid groups (broad SMARTS) is 1. The second-order valence-electron chi connectivity index (χ2n) is 6.10. The van der Waals surface area contributed by atoms with E-state index < -0.39 is 12.0 Å². The molecule has 1 amide bonds. The first-order chi connectivity index (χ1) is 9.65. The Bertz CT molecular complexity index is 359. The van der Waals surface area contributed by atoms with Crippen LogP contribution in [0.2, 0.25) is 0 Å². The first-order valence-corrected chi connectivity index (χ1v) is 7.89. The van der Waals surface area contributed by atoms with Gasteiger partial charge in [-0.2, -0.15) is 0 Å². The van der Waals surface area contributed by atoms with Crippen molar-refractivity contribution in [2.45, 2.75) is 69.9 Å². The molecule has 0 bridgehead atoms. The SMILES string of the molecule is NCCCCCC(=O)N1C(C(=O)O)CC2CCCCC21. The zero-order valence-corrected chi connectivity index (χ0v) is 12.1. The molecule has 1 aliphatic carbocycles. The highest BCUT2D eigenvalue weighted by molar-refractivity contribution is 5.84. The molecule has 3 atom stereocenters. The third-order valence-electron chi connectivity index (χ3n) is 4.76. The van der Waals surface area contributed by atoms with E-state index in [0.29, 0.717) is 25.3 Å². The molecule has 1 saturated heterocycles. The lowest BCUT2D eigenvalue weighted by atomic mass is 9.84. The second-order valence-corrected chi connectivity index (χ2v) is 6.10. The number of likely N-dealkylation sites (tertiary alicyclic amines) is 1. The molecule has 2 aliphatic rings. The molecule has 114 valence electrons. The van der Waals surface area contributed by atoms with E-state index in [-0.39, 0.29) is 11.9 Å². The zero-order chi connectivity index (χ0) is 14.5. The van der Waals surface area contributed by atoms with Crippen LogP contribution in [0.1, 0.15) is 57.8 Å². The lowest BCUT2D eigenvalue weighted by Gasteiger charge is -2.33. The minimum absolute atomic E-state index is 0.0313. The summed E-state index contributed by atoms with van der Waals surface area (Å²) in [6, 6.07) is -0.419. The normalized spacial score (nSPS) is 29.2. The highest BCUT2D eigenvalue weighted by Gasteiger charge is 2.47. The topological polar surface area (TPSA) is 83.6 Å². The number of fused-ring (bicyclic) bond motifs is 1. The smallest absolute Gasteiger partial charge is 0.326 e. The van der Waals surface area contributed by atoms with E-state index >= 15 is 0 Å². The van der Waals surface area contributed by atoms with E-state index in [0.717, 1.165) is 38.5 Å². The summed E-state index contributed by atoms with van der Waals surface area (Å²) in [7, 11) is 0. The van der Waals surface area contributed by atoms with Crippen LogP contribution < -0.4 is 5.73 Å². The highest BCUT2D eigenvalue weighted by Crippen LogP contribution is 2.40. The summed E-state index contributed by atoms with van der Waals surface area (Å²) in [5.41, 5.74) is 5.44. The molecular formula is C15H26N2O3. The Morgan fingerprint density at radius 2 is 1.90 bits per heavy atom. The fraction of sp³-hybridized carbons (Fsp3) is 0.867. The van der Waals surface area contributed by atoms with Gasteiger partial charge in [-0.05, 0) is 44.6 Å². The van der Waals surface area contributed by atoms with E-state index in [1.165, 1.54) is 6.42 Å². The molecule has 1 aliphatic heterocycles. The van der Waals surface area contributed by atoms with Gasteiger partial charge in [0.25, 0.3) is 0 Å². The molecule has 0 radical (unpaired) electrons. The molecule has 0 aromatic carbocycles. The summed E-state index contributed by atoms with van der Waals surface area (Å²) >= 11 is 0. The summed E-state index contributed by atoms with van der Waals surface area (Å²) in [4.78, 5) is 25.5. The summed E-state index contributed by atoms with van der Waals surface area (Å²) in [5.74, 6) is -0.406. The van der Waals surface area contributed by atoms with Crippen molar-refractivity contribution in [2.24, 2.45) is 11.7 Å². The van der Waals surface area contributed by atoms with Crippen LogP contribution in [0.5, 0.6) is 0 Å². The molecule has 2 fully saturated rings. The van der Waals surface area contributed by atoms with E-state index in [2.05, 4.69) is 0 Å². The number of carbonyl (C=O) groups is 2. The fourth-order valence-electron chi connectivity index (χ4n) is 3.77. The average Bonchev–Trinajstić information content (AvgIpc) is 2.83. The zero-order valence-electron chi connectivity index (χ0n) is 12.1. The molecule has 1 heterocycles. The second kappa shape index (κ2) is 7.07. The monoisotopic (exact) mass is 282 g/mol. The van der Waals surface area contributed by atoms with Crippen LogP contribution in [0, 0.1) is 5.92 Å². The maximum absolute atomic E-state index is 12.4. The summed E-state index contributed by atoms with van der Waals surface area (Å²) < 4.78 is 0. The number of rotatable bonds is 6. The van der Waals surface area contributed by atoms with Crippen molar-refractivity contribution < 1.29 is 14.7 Å². The first-order valence-electron chi connectivity index (χ1n) is 7.89. The molecule has 1 saturated carbocycles. The predicted molar refractivity (Wildman–Crippen MR) is 76.2 cm³/mol. The van der Waals surface area contributed by atoms with Gasteiger partial charge in [-0.1, -0.05) is 19.3 Å². The van der Waals surface area contributed by atoms with Crippen molar-refractivity contribution in [2.75, 3.05) is 6.54 Å². The molecule has 5 heteroatoms. The van der Waals surface area contributed by atoms with Gasteiger partial charge in [0.05, 0.1) is 0 Å². The van der Waals surface area contributed by atoms with Crippen LogP contribution in [0.15, 0.2) is 0 Å². The molecule has 5 nitrogen and oxygen atoms in total. The molecule has 20 heavy (non-hydrogen) atoms. The van der Waals surface area contributed by atoms with Crippen molar-refractivity contribution in [3.63, 3.8) is 0 Å². The maximum Gasteiger partial charge on any atom is 0.326 e. The van der Waals surface area contributed by atoms with Crippen LogP contribution in [0.3, 0.4) is 0 Å². The fourth-order valence-corrected chi connectivity index (χ4v) is 3.77. The number of unbranched alkanes of at least 4 members (excludes halogenated alkanes) is 2. The molecule has 3 N–H and O–H groups in total. The van der Waals surface area contributed by atoms with Gasteiger partial charge in [-0.25, -0.2) is 4.79 Å². The van der Waals surface area contributed by atoms with Crippen LogP contribution in [-0.4, -0.2) is 40.5 Å². The van der Waals surface area contributed by atoms with Crippen molar-refractivity contribution >= 4 is 11.9 Å². The van der Waals surface area contributed by atoms with E-state index in [1.807, 2.05) is 0 Å². The maximum atomic E-state index is 12.4. The van der Waals surface area contributed by atoms with Crippen molar-refractivity contribution in [3.8, 4) is 0 Å². The van der Waals surface area contributed by atoms with Gasteiger partial charge in [-0.15, -0.1) is 0 Å². The lowest BCUT2D eigenvalue weighted by molar-refractivity contribution is -0.149. The van der Waals surface area contributed by atoms with Gasteiger partial charge in [-0.3, -0.25) is 4.79 Å². The van der Waals surface area contributed by atoms with Crippen LogP contribution in [-0.2, 0) is 9.59 Å². The third-order valence-corrected chi connectivity index (χ3v) is 4.76. The van der Waals surface area contributed by atoms with E-state index in [1.54, 1.807) is 4.90 Å². The molecule has 0 spiro atoms. The predicted octanol–water partition coefficient (Wildman–Crippen LogP) is 1.75. The summed E-state index contributed by atoms with van der Waals surface area (Å²) in [5, 5.41) is 9.38. The quantitative estimate of drug-likeness (QED) is 0.727. The largest absolute Gasteiger partial charge is 0.480 e. The van der Waals surface area contributed by atoms with Gasteiger partial charge in [0, 0.05) is 12.5 Å². The number of aliphatic carboxylic acids is 1. The van der Waals surface area contributed by atoms with E-state index in [9.17, 15) is 14.7 Å². The Morgan fingerprint density at radius 3 is 2.60 bits per heavy atom. The number of carboxylic acids is 1. The van der Waals surface area contributed by atoms with Gasteiger partial charge in [0.15, 0.2) is 0 Å². The van der Waals surface area contributed by atoms with Gasteiger partial charge < -0.3 is 15.7 Å². The standard InChI is InChI=1S/C15H26N2O3/c16-9-5-1-2-8-14(18)17-12-7-4-3-6-11(12)10-13(17)15(19)20/h11-13H,1-10,16H2,(H,19,20). The lowest BCUT2D eigenvalue weighted by Crippen LogP contribution is -2.46. The Kier molecular flexibility index (Phi) is 5.40. The third kappa shape index (κ3) is 3.32. The Labute approximate surface area is 120 Å². The van der Waals surface area contributed by atoms with Crippen LogP contribution in [0.4, 0.5) is 0 Å². The molecule has 0 aromatic heterocycles. The Balaban J connectivity index is 1.97. The number of hydrogen-bond acceptors (Lipinski definition) is 3. The van der Waals surface area contributed by atoms with Crippen molar-refractivity contribution in [1.82, 2.24) is 4.90 Å². The van der Waals surface area contributed by atoms with Crippen LogP contribution in [0.25, 0.3) is 0 Å². The van der Waals surface area contributed by atoms with Crippen molar-refractivity contribution in [3.05, 3.63) is 0 Å². The number of nitrogens with two attached hydrogens (primary N) is 1.